The van der Waals surface area contributed by atoms with E-state index in [0.717, 1.165) is 0 Å². The second-order valence-corrected chi connectivity index (χ2v) is 3.92. The first-order chi connectivity index (χ1) is 8.18. The van der Waals surface area contributed by atoms with Crippen molar-refractivity contribution in [1.82, 2.24) is 4.90 Å². The molecule has 17 heavy (non-hydrogen) atoms. The number of benzene rings is 1. The normalized spacial score (nSPS) is 15.8. The molecule has 1 heterocycles. The van der Waals surface area contributed by atoms with Crippen molar-refractivity contribution in [3.05, 3.63) is 30.1 Å². The Hall–Kier alpha value is -1.62. The zero-order valence-corrected chi connectivity index (χ0v) is 9.73. The average Bonchev–Trinajstić information content (AvgIpc) is 2.38. The lowest BCUT2D eigenvalue weighted by Crippen LogP contribution is -2.47. The number of anilines is 1. The van der Waals surface area contributed by atoms with E-state index >= 15 is 0 Å². The largest absolute Gasteiger partial charge is 0.378 e. The number of urea groups is 1. The first-order valence-corrected chi connectivity index (χ1v) is 5.54. The van der Waals surface area contributed by atoms with Crippen molar-refractivity contribution in [2.75, 3.05) is 38.3 Å². The fraction of sp³-hybridized carbons (Fsp3) is 0.417. The molecule has 1 aliphatic rings. The maximum absolute atomic E-state index is 13.1. The Kier molecular flexibility index (Phi) is 3.58. The number of halogens is 1. The van der Waals surface area contributed by atoms with Gasteiger partial charge in [-0.05, 0) is 18.2 Å². The van der Waals surface area contributed by atoms with Gasteiger partial charge >= 0.3 is 6.03 Å². The third-order valence-electron chi connectivity index (χ3n) is 2.76. The van der Waals surface area contributed by atoms with Gasteiger partial charge in [0.2, 0.25) is 0 Å². The molecule has 1 fully saturated rings. The summed E-state index contributed by atoms with van der Waals surface area (Å²) in [6.07, 6.45) is 0. The van der Waals surface area contributed by atoms with Crippen molar-refractivity contribution in [1.29, 1.82) is 0 Å². The highest BCUT2D eigenvalue weighted by atomic mass is 19.1. The Labute approximate surface area is 99.6 Å². The van der Waals surface area contributed by atoms with E-state index in [-0.39, 0.29) is 11.8 Å². The maximum Gasteiger partial charge on any atom is 0.324 e. The van der Waals surface area contributed by atoms with Gasteiger partial charge in [0.25, 0.3) is 0 Å². The molecule has 5 heteroatoms. The van der Waals surface area contributed by atoms with E-state index in [0.29, 0.717) is 32.0 Å². The number of carbonyl (C=O) groups excluding carboxylic acids is 1. The van der Waals surface area contributed by atoms with Crippen LogP contribution in [0.15, 0.2) is 24.3 Å². The van der Waals surface area contributed by atoms with Crippen LogP contribution in [0.2, 0.25) is 0 Å². The molecule has 1 saturated heterocycles. The van der Waals surface area contributed by atoms with Crippen LogP contribution >= 0.6 is 0 Å². The summed E-state index contributed by atoms with van der Waals surface area (Å²) >= 11 is 0. The number of morpholine rings is 1. The summed E-state index contributed by atoms with van der Waals surface area (Å²) in [5.41, 5.74) is 0.557. The summed E-state index contributed by atoms with van der Waals surface area (Å²) in [6, 6.07) is 5.88. The summed E-state index contributed by atoms with van der Waals surface area (Å²) in [5.74, 6) is -0.343. The van der Waals surface area contributed by atoms with E-state index in [9.17, 15) is 9.18 Å². The van der Waals surface area contributed by atoms with Gasteiger partial charge in [-0.1, -0.05) is 6.07 Å². The molecule has 1 aromatic rings. The van der Waals surface area contributed by atoms with Crippen LogP contribution in [0.25, 0.3) is 0 Å². The zero-order chi connectivity index (χ0) is 12.3. The highest BCUT2D eigenvalue weighted by Crippen LogP contribution is 2.16. The Bertz CT molecular complexity index is 405. The van der Waals surface area contributed by atoms with Crippen LogP contribution < -0.4 is 4.90 Å². The minimum absolute atomic E-state index is 0.126. The van der Waals surface area contributed by atoms with Crippen LogP contribution in [0.1, 0.15) is 0 Å². The minimum Gasteiger partial charge on any atom is -0.378 e. The third kappa shape index (κ3) is 2.74. The third-order valence-corrected chi connectivity index (χ3v) is 2.76. The molecule has 2 amide bonds. The van der Waals surface area contributed by atoms with Crippen LogP contribution in [0.4, 0.5) is 14.9 Å². The fourth-order valence-corrected chi connectivity index (χ4v) is 1.76. The molecule has 1 aliphatic heterocycles. The first kappa shape index (κ1) is 11.9. The smallest absolute Gasteiger partial charge is 0.324 e. The first-order valence-electron chi connectivity index (χ1n) is 5.54. The molecule has 0 aliphatic carbocycles. The van der Waals surface area contributed by atoms with Crippen molar-refractivity contribution >= 4 is 11.7 Å². The van der Waals surface area contributed by atoms with Gasteiger partial charge in [0.05, 0.1) is 13.2 Å². The van der Waals surface area contributed by atoms with Gasteiger partial charge in [-0.15, -0.1) is 0 Å². The molecule has 0 radical (unpaired) electrons. The van der Waals surface area contributed by atoms with E-state index in [1.165, 1.54) is 17.0 Å². The van der Waals surface area contributed by atoms with E-state index < -0.39 is 0 Å². The zero-order valence-electron chi connectivity index (χ0n) is 9.73. The van der Waals surface area contributed by atoms with Gasteiger partial charge < -0.3 is 9.64 Å². The molecule has 4 nitrogen and oxygen atoms in total. The van der Waals surface area contributed by atoms with Gasteiger partial charge in [0.15, 0.2) is 0 Å². The van der Waals surface area contributed by atoms with Crippen molar-refractivity contribution < 1.29 is 13.9 Å². The van der Waals surface area contributed by atoms with Crippen molar-refractivity contribution in [2.24, 2.45) is 0 Å². The second kappa shape index (κ2) is 5.14. The van der Waals surface area contributed by atoms with Crippen LogP contribution in [-0.2, 0) is 4.74 Å². The van der Waals surface area contributed by atoms with Gasteiger partial charge in [-0.3, -0.25) is 4.90 Å². The summed E-state index contributed by atoms with van der Waals surface area (Å²) in [4.78, 5) is 15.2. The molecule has 2 rings (SSSR count). The summed E-state index contributed by atoms with van der Waals surface area (Å²) in [6.45, 7) is 2.28. The van der Waals surface area contributed by atoms with E-state index in [2.05, 4.69) is 0 Å². The molecule has 0 atom stereocenters. The maximum atomic E-state index is 13.1. The lowest BCUT2D eigenvalue weighted by Gasteiger charge is -2.31. The molecular formula is C12H15FN2O2. The quantitative estimate of drug-likeness (QED) is 0.746. The highest BCUT2D eigenvalue weighted by Gasteiger charge is 2.21. The predicted octanol–water partition coefficient (Wildman–Crippen LogP) is 1.71. The van der Waals surface area contributed by atoms with E-state index in [1.807, 2.05) is 0 Å². The number of rotatable bonds is 1. The number of nitrogens with zero attached hydrogens (tertiary/aromatic N) is 2. The standard InChI is InChI=1S/C12H15FN2O2/c1-14(11-4-2-3-10(13)9-11)12(16)15-5-7-17-8-6-15/h2-4,9H,5-8H2,1H3. The fourth-order valence-electron chi connectivity index (χ4n) is 1.76. The van der Waals surface area contributed by atoms with Gasteiger partial charge in [0, 0.05) is 25.8 Å². The SMILES string of the molecule is CN(C(=O)N1CCOCC1)c1cccc(F)c1. The topological polar surface area (TPSA) is 32.8 Å². The monoisotopic (exact) mass is 238 g/mol. The molecule has 0 unspecified atom stereocenters. The molecule has 0 spiro atoms. The van der Waals surface area contributed by atoms with Gasteiger partial charge in [-0.25, -0.2) is 9.18 Å². The molecule has 92 valence electrons. The predicted molar refractivity (Wildman–Crippen MR) is 62.6 cm³/mol. The lowest BCUT2D eigenvalue weighted by atomic mass is 10.3. The molecule has 0 bridgehead atoms. The molecule has 0 saturated carbocycles. The van der Waals surface area contributed by atoms with Gasteiger partial charge in [0.1, 0.15) is 5.82 Å². The molecule has 0 N–H and O–H groups in total. The Morgan fingerprint density at radius 2 is 2.12 bits per heavy atom. The minimum atomic E-state index is -0.343. The number of ether oxygens (including phenoxy) is 1. The van der Waals surface area contributed by atoms with E-state index in [4.69, 9.17) is 4.74 Å². The summed E-state index contributed by atoms with van der Waals surface area (Å²) in [7, 11) is 1.65. The van der Waals surface area contributed by atoms with Crippen LogP contribution in [0.3, 0.4) is 0 Å². The molecule has 1 aromatic carbocycles. The van der Waals surface area contributed by atoms with Crippen molar-refractivity contribution in [2.45, 2.75) is 0 Å². The van der Waals surface area contributed by atoms with Gasteiger partial charge in [-0.2, -0.15) is 0 Å². The number of carbonyl (C=O) groups is 1. The van der Waals surface area contributed by atoms with Crippen LogP contribution in [0, 0.1) is 5.82 Å². The van der Waals surface area contributed by atoms with Crippen molar-refractivity contribution in [3.63, 3.8) is 0 Å². The number of hydrogen-bond acceptors (Lipinski definition) is 2. The second-order valence-electron chi connectivity index (χ2n) is 3.92. The summed E-state index contributed by atoms with van der Waals surface area (Å²) in [5, 5.41) is 0. The van der Waals surface area contributed by atoms with E-state index in [1.54, 1.807) is 24.1 Å². The Balaban J connectivity index is 2.08. The number of amides is 2. The van der Waals surface area contributed by atoms with Crippen LogP contribution in [-0.4, -0.2) is 44.3 Å². The van der Waals surface area contributed by atoms with Crippen molar-refractivity contribution in [3.8, 4) is 0 Å². The Morgan fingerprint density at radius 3 is 2.76 bits per heavy atom. The highest BCUT2D eigenvalue weighted by molar-refractivity contribution is 5.91. The average molecular weight is 238 g/mol. The summed E-state index contributed by atoms with van der Waals surface area (Å²) < 4.78 is 18.2. The molecular weight excluding hydrogens is 223 g/mol. The van der Waals surface area contributed by atoms with Crippen LogP contribution in [0.5, 0.6) is 0 Å². The number of hydrogen-bond donors (Lipinski definition) is 0. The lowest BCUT2D eigenvalue weighted by molar-refractivity contribution is 0.0551. The Morgan fingerprint density at radius 1 is 1.41 bits per heavy atom. The molecule has 0 aromatic heterocycles.